The lowest BCUT2D eigenvalue weighted by molar-refractivity contribution is 0.0949. The van der Waals surface area contributed by atoms with E-state index in [9.17, 15) is 4.79 Å². The Morgan fingerprint density at radius 3 is 2.63 bits per heavy atom. The molecule has 1 N–H and O–H groups in total. The van der Waals surface area contributed by atoms with Crippen LogP contribution in [0.2, 0.25) is 5.02 Å². The van der Waals surface area contributed by atoms with Crippen LogP contribution in [0.25, 0.3) is 6.08 Å². The molecular weight excluding hydrogens is 360 g/mol. The van der Waals surface area contributed by atoms with Crippen LogP contribution in [0.5, 0.6) is 0 Å². The highest BCUT2D eigenvalue weighted by atomic mass is 35.5. The van der Waals surface area contributed by atoms with Crippen LogP contribution in [0.1, 0.15) is 28.5 Å². The molecular formula is C21H19ClN4O. The van der Waals surface area contributed by atoms with Crippen LogP contribution in [0, 0.1) is 0 Å². The van der Waals surface area contributed by atoms with Crippen molar-refractivity contribution in [2.24, 2.45) is 5.10 Å². The van der Waals surface area contributed by atoms with Crippen molar-refractivity contribution in [3.63, 3.8) is 0 Å². The van der Waals surface area contributed by atoms with E-state index in [1.807, 2.05) is 73.7 Å². The smallest absolute Gasteiger partial charge is 0.268 e. The molecule has 3 aromatic rings. The summed E-state index contributed by atoms with van der Waals surface area (Å²) in [5.41, 5.74) is 5.64. The van der Waals surface area contributed by atoms with Crippen LogP contribution >= 0.6 is 11.6 Å². The van der Waals surface area contributed by atoms with Gasteiger partial charge >= 0.3 is 0 Å². The highest BCUT2D eigenvalue weighted by molar-refractivity contribution is 6.30. The molecule has 6 heteroatoms. The molecule has 0 fully saturated rings. The van der Waals surface area contributed by atoms with Gasteiger partial charge in [-0.3, -0.25) is 9.48 Å². The number of hydrazone groups is 1. The van der Waals surface area contributed by atoms with Crippen molar-refractivity contribution in [3.8, 4) is 0 Å². The Kier molecular flexibility index (Phi) is 6.18. The van der Waals surface area contributed by atoms with E-state index in [4.69, 9.17) is 11.6 Å². The molecule has 0 bridgehead atoms. The van der Waals surface area contributed by atoms with Gasteiger partial charge in [0.25, 0.3) is 5.91 Å². The Labute approximate surface area is 163 Å². The lowest BCUT2D eigenvalue weighted by Crippen LogP contribution is -2.19. The van der Waals surface area contributed by atoms with Crippen LogP contribution in [0.4, 0.5) is 0 Å². The van der Waals surface area contributed by atoms with Gasteiger partial charge in [0.2, 0.25) is 0 Å². The minimum atomic E-state index is -0.350. The molecule has 0 aliphatic rings. The minimum Gasteiger partial charge on any atom is -0.268 e. The maximum absolute atomic E-state index is 12.2. The highest BCUT2D eigenvalue weighted by Gasteiger charge is 2.09. The van der Waals surface area contributed by atoms with Crippen molar-refractivity contribution in [2.75, 3.05) is 0 Å². The number of hydrogen-bond acceptors (Lipinski definition) is 3. The van der Waals surface area contributed by atoms with E-state index in [0.717, 1.165) is 11.1 Å². The first-order valence-corrected chi connectivity index (χ1v) is 8.83. The number of carbonyl (C=O) groups is 1. The van der Waals surface area contributed by atoms with E-state index in [1.165, 1.54) is 0 Å². The van der Waals surface area contributed by atoms with Gasteiger partial charge in [0.1, 0.15) is 0 Å². The Morgan fingerprint density at radius 2 is 1.89 bits per heavy atom. The number of nitrogens with one attached hydrogen (secondary N) is 1. The molecule has 5 nitrogen and oxygen atoms in total. The Morgan fingerprint density at radius 1 is 1.15 bits per heavy atom. The van der Waals surface area contributed by atoms with Crippen LogP contribution in [0.3, 0.4) is 0 Å². The summed E-state index contributed by atoms with van der Waals surface area (Å²) in [6, 6.07) is 19.1. The molecule has 27 heavy (non-hydrogen) atoms. The van der Waals surface area contributed by atoms with Crippen LogP contribution in [0.15, 0.2) is 78.0 Å². The van der Waals surface area contributed by atoms with E-state index >= 15 is 0 Å². The summed E-state index contributed by atoms with van der Waals surface area (Å²) >= 11 is 5.89. The number of hydrogen-bond donors (Lipinski definition) is 1. The van der Waals surface area contributed by atoms with Crippen LogP contribution in [-0.2, 0) is 6.54 Å². The predicted molar refractivity (Wildman–Crippen MR) is 109 cm³/mol. The standard InChI is InChI=1S/C21H19ClN4O/c1-16(7-8-17-5-3-2-4-6-17)23-24-21(27)20-13-14-26(25-20)15-18-9-11-19(22)12-10-18/h2-14H,15H2,1H3,(H,24,27). The second-order valence-electron chi connectivity index (χ2n) is 5.96. The first kappa shape index (κ1) is 18.6. The number of benzene rings is 2. The first-order chi connectivity index (χ1) is 13.1. The summed E-state index contributed by atoms with van der Waals surface area (Å²) in [6.45, 7) is 2.38. The van der Waals surface area contributed by atoms with Crippen molar-refractivity contribution in [3.05, 3.63) is 94.8 Å². The Balaban J connectivity index is 1.57. The predicted octanol–water partition coefficient (Wildman–Crippen LogP) is 4.40. The van der Waals surface area contributed by atoms with E-state index < -0.39 is 0 Å². The second-order valence-corrected chi connectivity index (χ2v) is 6.40. The average molecular weight is 379 g/mol. The van der Waals surface area contributed by atoms with Gasteiger partial charge in [-0.15, -0.1) is 0 Å². The molecule has 3 rings (SSSR count). The Hall–Kier alpha value is -3.18. The number of halogens is 1. The van der Waals surface area contributed by atoms with E-state index in [1.54, 1.807) is 16.9 Å². The molecule has 0 spiro atoms. The van der Waals surface area contributed by atoms with Crippen LogP contribution in [-0.4, -0.2) is 21.4 Å². The zero-order chi connectivity index (χ0) is 19.1. The van der Waals surface area contributed by atoms with Gasteiger partial charge in [-0.1, -0.05) is 60.1 Å². The quantitative estimate of drug-likeness (QED) is 0.510. The highest BCUT2D eigenvalue weighted by Crippen LogP contribution is 2.10. The fraction of sp³-hybridized carbons (Fsp3) is 0.0952. The lowest BCUT2D eigenvalue weighted by atomic mass is 10.2. The summed E-state index contributed by atoms with van der Waals surface area (Å²) in [7, 11) is 0. The molecule has 136 valence electrons. The molecule has 0 atom stereocenters. The number of rotatable bonds is 6. The maximum atomic E-state index is 12.2. The van der Waals surface area contributed by atoms with Gasteiger partial charge in [-0.05, 0) is 42.3 Å². The molecule has 1 aromatic heterocycles. The topological polar surface area (TPSA) is 59.3 Å². The molecule has 0 radical (unpaired) electrons. The molecule has 0 saturated carbocycles. The zero-order valence-electron chi connectivity index (χ0n) is 14.8. The third-order valence-electron chi connectivity index (χ3n) is 3.78. The molecule has 0 aliphatic heterocycles. The molecule has 1 amide bonds. The summed E-state index contributed by atoms with van der Waals surface area (Å²) in [4.78, 5) is 12.2. The largest absolute Gasteiger partial charge is 0.291 e. The third kappa shape index (κ3) is 5.66. The Bertz CT molecular complexity index is 959. The van der Waals surface area contributed by atoms with Crippen molar-refractivity contribution < 1.29 is 4.79 Å². The SMILES string of the molecule is CC(C=Cc1ccccc1)=NNC(=O)c1ccn(Cc2ccc(Cl)cc2)n1. The monoisotopic (exact) mass is 378 g/mol. The van der Waals surface area contributed by atoms with E-state index in [-0.39, 0.29) is 5.91 Å². The first-order valence-electron chi connectivity index (χ1n) is 8.46. The normalized spacial score (nSPS) is 11.7. The fourth-order valence-electron chi connectivity index (χ4n) is 2.36. The van der Waals surface area contributed by atoms with Crippen molar-refractivity contribution in [1.29, 1.82) is 0 Å². The van der Waals surface area contributed by atoms with Gasteiger partial charge in [-0.2, -0.15) is 10.2 Å². The molecule has 0 unspecified atom stereocenters. The summed E-state index contributed by atoms with van der Waals surface area (Å²) in [5.74, 6) is -0.350. The van der Waals surface area contributed by atoms with Gasteiger partial charge in [0.15, 0.2) is 5.69 Å². The van der Waals surface area contributed by atoms with Gasteiger partial charge in [-0.25, -0.2) is 5.43 Å². The number of amides is 1. The number of carbonyl (C=O) groups excluding carboxylic acids is 1. The fourth-order valence-corrected chi connectivity index (χ4v) is 2.49. The zero-order valence-corrected chi connectivity index (χ0v) is 15.6. The third-order valence-corrected chi connectivity index (χ3v) is 4.03. The number of allylic oxidation sites excluding steroid dienone is 1. The van der Waals surface area contributed by atoms with Gasteiger partial charge in [0, 0.05) is 11.2 Å². The number of nitrogens with zero attached hydrogens (tertiary/aromatic N) is 3. The van der Waals surface area contributed by atoms with E-state index in [2.05, 4.69) is 15.6 Å². The van der Waals surface area contributed by atoms with Crippen molar-refractivity contribution >= 4 is 29.3 Å². The van der Waals surface area contributed by atoms with Crippen molar-refractivity contribution in [1.82, 2.24) is 15.2 Å². The molecule has 1 heterocycles. The summed E-state index contributed by atoms with van der Waals surface area (Å²) < 4.78 is 1.70. The van der Waals surface area contributed by atoms with Crippen LogP contribution < -0.4 is 5.43 Å². The second kappa shape index (κ2) is 8.96. The summed E-state index contributed by atoms with van der Waals surface area (Å²) in [5, 5.41) is 9.06. The molecule has 2 aromatic carbocycles. The van der Waals surface area contributed by atoms with E-state index in [0.29, 0.717) is 23.0 Å². The molecule has 0 aliphatic carbocycles. The average Bonchev–Trinajstić information content (AvgIpc) is 3.16. The maximum Gasteiger partial charge on any atom is 0.291 e. The van der Waals surface area contributed by atoms with Gasteiger partial charge < -0.3 is 0 Å². The van der Waals surface area contributed by atoms with Crippen molar-refractivity contribution in [2.45, 2.75) is 13.5 Å². The number of aromatic nitrogens is 2. The minimum absolute atomic E-state index is 0.313. The summed E-state index contributed by atoms with van der Waals surface area (Å²) in [6.07, 6.45) is 5.54. The molecule has 0 saturated heterocycles. The lowest BCUT2D eigenvalue weighted by Gasteiger charge is -2.02. The van der Waals surface area contributed by atoms with Gasteiger partial charge in [0.05, 0.1) is 12.3 Å².